The van der Waals surface area contributed by atoms with Crippen LogP contribution in [0.5, 0.6) is 0 Å². The van der Waals surface area contributed by atoms with E-state index >= 15 is 0 Å². The van der Waals surface area contributed by atoms with Crippen molar-refractivity contribution < 1.29 is 4.42 Å². The lowest BCUT2D eigenvalue weighted by molar-refractivity contribution is 0.466. The number of hydrogen-bond acceptors (Lipinski definition) is 8. The molecule has 0 saturated carbocycles. The number of aryl methyl sites for hydroxylation is 2. The molecule has 0 atom stereocenters. The molecule has 7 nitrogen and oxygen atoms in total. The molecule has 0 bridgehead atoms. The zero-order chi connectivity index (χ0) is 18.3. The first kappa shape index (κ1) is 16.9. The standard InChI is InChI=1S/C17H15N5O2S2/c1-9-14(26-10(2)18-9)15-20-21-17(24-15)25-8-13-19-12-7-5-4-6-11(12)16(23)22(13)3/h4-7H,8H2,1-3H3. The first-order valence-corrected chi connectivity index (χ1v) is 9.68. The van der Waals surface area contributed by atoms with Crippen molar-refractivity contribution in [3.8, 4) is 10.8 Å². The Morgan fingerprint density at radius 2 is 2.00 bits per heavy atom. The van der Waals surface area contributed by atoms with E-state index in [1.54, 1.807) is 17.7 Å². The molecule has 0 aliphatic rings. The lowest BCUT2D eigenvalue weighted by Gasteiger charge is -2.07. The second-order valence-electron chi connectivity index (χ2n) is 5.72. The molecule has 0 fully saturated rings. The number of thiazole rings is 1. The number of aromatic nitrogens is 5. The van der Waals surface area contributed by atoms with E-state index in [1.165, 1.54) is 23.1 Å². The highest BCUT2D eigenvalue weighted by molar-refractivity contribution is 7.98. The van der Waals surface area contributed by atoms with Crippen molar-refractivity contribution in [2.45, 2.75) is 24.8 Å². The molecule has 3 aromatic heterocycles. The zero-order valence-electron chi connectivity index (χ0n) is 14.4. The number of thioether (sulfide) groups is 1. The Hall–Kier alpha value is -2.52. The van der Waals surface area contributed by atoms with Gasteiger partial charge in [-0.05, 0) is 26.0 Å². The molecule has 4 rings (SSSR count). The number of para-hydroxylation sites is 1. The highest BCUT2D eigenvalue weighted by Gasteiger charge is 2.16. The van der Waals surface area contributed by atoms with Crippen LogP contribution >= 0.6 is 23.1 Å². The van der Waals surface area contributed by atoms with E-state index in [0.29, 0.717) is 33.6 Å². The maximum Gasteiger partial charge on any atom is 0.277 e. The highest BCUT2D eigenvalue weighted by atomic mass is 32.2. The number of fused-ring (bicyclic) bond motifs is 1. The fourth-order valence-corrected chi connectivity index (χ4v) is 4.20. The first-order valence-electron chi connectivity index (χ1n) is 7.88. The van der Waals surface area contributed by atoms with Crippen molar-refractivity contribution in [3.63, 3.8) is 0 Å². The largest absolute Gasteiger partial charge is 0.410 e. The quantitative estimate of drug-likeness (QED) is 0.498. The van der Waals surface area contributed by atoms with Gasteiger partial charge in [0.25, 0.3) is 16.7 Å². The van der Waals surface area contributed by atoms with Gasteiger partial charge in [0.2, 0.25) is 0 Å². The molecule has 0 amide bonds. The van der Waals surface area contributed by atoms with E-state index < -0.39 is 0 Å². The van der Waals surface area contributed by atoms with Crippen LogP contribution in [0.1, 0.15) is 16.5 Å². The Kier molecular flexibility index (Phi) is 4.33. The van der Waals surface area contributed by atoms with E-state index in [4.69, 9.17) is 4.42 Å². The predicted octanol–water partition coefficient (Wildman–Crippen LogP) is 3.35. The minimum atomic E-state index is -0.0619. The third-order valence-corrected chi connectivity index (χ3v) is 5.78. The van der Waals surface area contributed by atoms with Crippen molar-refractivity contribution in [1.82, 2.24) is 24.7 Å². The average molecular weight is 385 g/mol. The summed E-state index contributed by atoms with van der Waals surface area (Å²) in [6, 6.07) is 7.33. The van der Waals surface area contributed by atoms with Crippen LogP contribution in [-0.2, 0) is 12.8 Å². The van der Waals surface area contributed by atoms with Gasteiger partial charge in [0, 0.05) is 7.05 Å². The van der Waals surface area contributed by atoms with Gasteiger partial charge in [-0.15, -0.1) is 21.5 Å². The summed E-state index contributed by atoms with van der Waals surface area (Å²) >= 11 is 2.88. The Bertz CT molecular complexity index is 1160. The van der Waals surface area contributed by atoms with Crippen LogP contribution in [0, 0.1) is 13.8 Å². The third kappa shape index (κ3) is 3.04. The van der Waals surface area contributed by atoms with E-state index in [-0.39, 0.29) is 5.56 Å². The molecular weight excluding hydrogens is 370 g/mol. The minimum Gasteiger partial charge on any atom is -0.410 e. The first-order chi connectivity index (χ1) is 12.5. The fraction of sp³-hybridized carbons (Fsp3) is 0.235. The van der Waals surface area contributed by atoms with Gasteiger partial charge in [0.1, 0.15) is 10.7 Å². The average Bonchev–Trinajstić information content (AvgIpc) is 3.22. The normalized spacial score (nSPS) is 11.3. The molecule has 0 aliphatic heterocycles. The molecule has 3 heterocycles. The van der Waals surface area contributed by atoms with Crippen LogP contribution in [0.4, 0.5) is 0 Å². The molecule has 132 valence electrons. The molecule has 0 radical (unpaired) electrons. The van der Waals surface area contributed by atoms with Gasteiger partial charge in [-0.1, -0.05) is 23.9 Å². The van der Waals surface area contributed by atoms with Crippen molar-refractivity contribution in [2.75, 3.05) is 0 Å². The number of hydrogen-bond donors (Lipinski definition) is 0. The molecule has 4 aromatic rings. The number of benzene rings is 1. The second-order valence-corrected chi connectivity index (χ2v) is 7.85. The third-order valence-electron chi connectivity index (χ3n) is 3.90. The molecule has 0 N–H and O–H groups in total. The summed E-state index contributed by atoms with van der Waals surface area (Å²) in [5.41, 5.74) is 1.51. The van der Waals surface area contributed by atoms with E-state index in [9.17, 15) is 4.79 Å². The lowest BCUT2D eigenvalue weighted by atomic mass is 10.2. The van der Waals surface area contributed by atoms with Gasteiger partial charge in [0.05, 0.1) is 27.4 Å². The monoisotopic (exact) mass is 385 g/mol. The lowest BCUT2D eigenvalue weighted by Crippen LogP contribution is -2.21. The van der Waals surface area contributed by atoms with Gasteiger partial charge >= 0.3 is 0 Å². The second kappa shape index (κ2) is 6.65. The van der Waals surface area contributed by atoms with Crippen molar-refractivity contribution in [1.29, 1.82) is 0 Å². The van der Waals surface area contributed by atoms with Gasteiger partial charge < -0.3 is 4.42 Å². The van der Waals surface area contributed by atoms with Crippen molar-refractivity contribution in [3.05, 3.63) is 51.1 Å². The van der Waals surface area contributed by atoms with Gasteiger partial charge in [-0.3, -0.25) is 9.36 Å². The van der Waals surface area contributed by atoms with E-state index in [1.807, 2.05) is 32.0 Å². The SMILES string of the molecule is Cc1nc(C)c(-c2nnc(SCc3nc4ccccc4c(=O)n3C)o2)s1. The fourth-order valence-electron chi connectivity index (χ4n) is 2.61. The smallest absolute Gasteiger partial charge is 0.277 e. The van der Waals surface area contributed by atoms with Gasteiger partial charge in [-0.2, -0.15) is 0 Å². The van der Waals surface area contributed by atoms with Crippen LogP contribution in [0.3, 0.4) is 0 Å². The number of nitrogens with zero attached hydrogens (tertiary/aromatic N) is 5. The van der Waals surface area contributed by atoms with E-state index in [0.717, 1.165) is 15.6 Å². The molecule has 0 saturated heterocycles. The van der Waals surface area contributed by atoms with Gasteiger partial charge in [0.15, 0.2) is 0 Å². The van der Waals surface area contributed by atoms with Crippen LogP contribution in [0.25, 0.3) is 21.7 Å². The molecule has 0 aliphatic carbocycles. The summed E-state index contributed by atoms with van der Waals surface area (Å²) in [5.74, 6) is 1.58. The Morgan fingerprint density at radius 3 is 2.77 bits per heavy atom. The summed E-state index contributed by atoms with van der Waals surface area (Å²) < 4.78 is 7.30. The summed E-state index contributed by atoms with van der Waals surface area (Å²) in [4.78, 5) is 22.3. The molecule has 9 heteroatoms. The zero-order valence-corrected chi connectivity index (χ0v) is 16.0. The minimum absolute atomic E-state index is 0.0619. The Labute approximate surface area is 157 Å². The number of rotatable bonds is 4. The van der Waals surface area contributed by atoms with Crippen LogP contribution in [-0.4, -0.2) is 24.7 Å². The van der Waals surface area contributed by atoms with Crippen LogP contribution < -0.4 is 5.56 Å². The summed E-state index contributed by atoms with van der Waals surface area (Å²) in [7, 11) is 1.72. The molecule has 0 spiro atoms. The predicted molar refractivity (Wildman–Crippen MR) is 101 cm³/mol. The molecule has 26 heavy (non-hydrogen) atoms. The van der Waals surface area contributed by atoms with Crippen molar-refractivity contribution in [2.24, 2.45) is 7.05 Å². The maximum absolute atomic E-state index is 12.4. The maximum atomic E-state index is 12.4. The van der Waals surface area contributed by atoms with Crippen LogP contribution in [0.2, 0.25) is 0 Å². The summed E-state index contributed by atoms with van der Waals surface area (Å²) in [6.07, 6.45) is 0. The Morgan fingerprint density at radius 1 is 1.19 bits per heavy atom. The molecular formula is C17H15N5O2S2. The summed E-state index contributed by atoms with van der Waals surface area (Å²) in [6.45, 7) is 3.86. The van der Waals surface area contributed by atoms with Crippen molar-refractivity contribution >= 4 is 34.0 Å². The molecule has 1 aromatic carbocycles. The molecule has 0 unspecified atom stereocenters. The van der Waals surface area contributed by atoms with Crippen LogP contribution in [0.15, 0.2) is 38.7 Å². The van der Waals surface area contributed by atoms with Gasteiger partial charge in [-0.25, -0.2) is 9.97 Å². The topological polar surface area (TPSA) is 86.7 Å². The Balaban J connectivity index is 1.58. The highest BCUT2D eigenvalue weighted by Crippen LogP contribution is 2.31. The van der Waals surface area contributed by atoms with E-state index in [2.05, 4.69) is 20.2 Å². The summed E-state index contributed by atoms with van der Waals surface area (Å²) in [5, 5.41) is 10.2.